The summed E-state index contributed by atoms with van der Waals surface area (Å²) in [5.41, 5.74) is 4.70. The van der Waals surface area contributed by atoms with Crippen LogP contribution in [-0.2, 0) is 4.79 Å². The molecule has 0 aromatic carbocycles. The lowest BCUT2D eigenvalue weighted by molar-refractivity contribution is -0.111. The Labute approximate surface area is 42.0 Å². The summed E-state index contributed by atoms with van der Waals surface area (Å²) in [4.78, 5) is 10.2. The molecule has 7 heavy (non-hydrogen) atoms. The number of Topliss-reactive ketones (excluding diaryl/α,β-unsaturated/α-hetero) is 1. The molecule has 1 atom stereocenters. The quantitative estimate of drug-likeness (QED) is 0.462. The third-order valence-corrected chi connectivity index (χ3v) is 1.21. The molecule has 2 heteroatoms. The standard InChI is InChI=1S/C5H7NO/c1-2-5(6)3-4(5)7/h2H,1,3,6H2. The van der Waals surface area contributed by atoms with Gasteiger partial charge in [-0.2, -0.15) is 0 Å². The van der Waals surface area contributed by atoms with Crippen LogP contribution in [0.1, 0.15) is 6.42 Å². The van der Waals surface area contributed by atoms with Crippen molar-refractivity contribution in [3.63, 3.8) is 0 Å². The van der Waals surface area contributed by atoms with E-state index in [1.807, 2.05) is 0 Å². The molecule has 1 fully saturated rings. The molecule has 1 aliphatic rings. The van der Waals surface area contributed by atoms with E-state index in [2.05, 4.69) is 6.58 Å². The zero-order valence-corrected chi connectivity index (χ0v) is 3.98. The van der Waals surface area contributed by atoms with Gasteiger partial charge in [-0.1, -0.05) is 6.08 Å². The van der Waals surface area contributed by atoms with Gasteiger partial charge in [0.25, 0.3) is 0 Å². The molecule has 1 aliphatic carbocycles. The molecule has 0 aromatic heterocycles. The number of nitrogens with two attached hydrogens (primary N) is 1. The van der Waals surface area contributed by atoms with Crippen molar-refractivity contribution in [3.8, 4) is 0 Å². The van der Waals surface area contributed by atoms with E-state index >= 15 is 0 Å². The lowest BCUT2D eigenvalue weighted by Crippen LogP contribution is -2.20. The number of rotatable bonds is 1. The summed E-state index contributed by atoms with van der Waals surface area (Å²) in [6.45, 7) is 3.40. The zero-order chi connectivity index (χ0) is 5.49. The van der Waals surface area contributed by atoms with E-state index in [-0.39, 0.29) is 5.78 Å². The first-order chi connectivity index (χ1) is 3.19. The van der Waals surface area contributed by atoms with Crippen molar-refractivity contribution in [1.82, 2.24) is 0 Å². The van der Waals surface area contributed by atoms with Crippen LogP contribution in [0.3, 0.4) is 0 Å². The van der Waals surface area contributed by atoms with Gasteiger partial charge in [0, 0.05) is 6.42 Å². The third kappa shape index (κ3) is 0.472. The molecule has 0 saturated heterocycles. The van der Waals surface area contributed by atoms with Crippen molar-refractivity contribution in [2.75, 3.05) is 0 Å². The highest BCUT2D eigenvalue weighted by molar-refractivity contribution is 6.07. The maximum atomic E-state index is 10.2. The van der Waals surface area contributed by atoms with Crippen LogP contribution in [0.4, 0.5) is 0 Å². The topological polar surface area (TPSA) is 43.1 Å². The molecule has 0 amide bonds. The second kappa shape index (κ2) is 0.954. The molecule has 2 N–H and O–H groups in total. The van der Waals surface area contributed by atoms with E-state index < -0.39 is 5.54 Å². The SMILES string of the molecule is C=CC1(N)CC1=O. The Kier molecular flexibility index (Phi) is 0.617. The fourth-order valence-electron chi connectivity index (χ4n) is 0.407. The highest BCUT2D eigenvalue weighted by atomic mass is 16.1. The molecule has 2 nitrogen and oxygen atoms in total. The van der Waals surface area contributed by atoms with E-state index in [1.165, 1.54) is 6.08 Å². The molecule has 0 spiro atoms. The van der Waals surface area contributed by atoms with Crippen molar-refractivity contribution in [1.29, 1.82) is 0 Å². The van der Waals surface area contributed by atoms with Crippen molar-refractivity contribution in [2.24, 2.45) is 5.73 Å². The van der Waals surface area contributed by atoms with Crippen molar-refractivity contribution in [3.05, 3.63) is 12.7 Å². The maximum Gasteiger partial charge on any atom is 0.159 e. The van der Waals surface area contributed by atoms with E-state index in [4.69, 9.17) is 5.73 Å². The van der Waals surface area contributed by atoms with E-state index in [1.54, 1.807) is 0 Å². The predicted molar refractivity (Wildman–Crippen MR) is 26.7 cm³/mol. The summed E-state index contributed by atoms with van der Waals surface area (Å²) in [5.74, 6) is 0.0995. The molecule has 0 radical (unpaired) electrons. The van der Waals surface area contributed by atoms with Crippen LogP contribution >= 0.6 is 0 Å². The normalized spacial score (nSPS) is 38.1. The van der Waals surface area contributed by atoms with Crippen molar-refractivity contribution < 1.29 is 4.79 Å². The first-order valence-corrected chi connectivity index (χ1v) is 2.15. The van der Waals surface area contributed by atoms with Crippen molar-refractivity contribution >= 4 is 5.78 Å². The van der Waals surface area contributed by atoms with Gasteiger partial charge in [0.15, 0.2) is 5.78 Å². The van der Waals surface area contributed by atoms with Crippen LogP contribution < -0.4 is 5.73 Å². The molecule has 38 valence electrons. The van der Waals surface area contributed by atoms with Crippen LogP contribution in [0.15, 0.2) is 12.7 Å². The average molecular weight is 97.1 g/mol. The van der Waals surface area contributed by atoms with Crippen LogP contribution in [0.2, 0.25) is 0 Å². The fraction of sp³-hybridized carbons (Fsp3) is 0.400. The van der Waals surface area contributed by atoms with E-state index in [0.717, 1.165) is 0 Å². The summed E-state index contributed by atoms with van der Waals surface area (Å²) < 4.78 is 0. The Morgan fingerprint density at radius 1 is 2.00 bits per heavy atom. The van der Waals surface area contributed by atoms with Gasteiger partial charge in [-0.05, 0) is 0 Å². The summed E-state index contributed by atoms with van der Waals surface area (Å²) in [6, 6.07) is 0. The molecule has 0 heterocycles. The van der Waals surface area contributed by atoms with Gasteiger partial charge in [-0.15, -0.1) is 6.58 Å². The van der Waals surface area contributed by atoms with Crippen LogP contribution in [0, 0.1) is 0 Å². The predicted octanol–water partition coefficient (Wildman–Crippen LogP) is -0.157. The van der Waals surface area contributed by atoms with Gasteiger partial charge in [-0.25, -0.2) is 0 Å². The first kappa shape index (κ1) is 4.53. The molecule has 1 rings (SSSR count). The Morgan fingerprint density at radius 3 is 2.43 bits per heavy atom. The summed E-state index contributed by atoms with van der Waals surface area (Å²) >= 11 is 0. The molecule has 0 aliphatic heterocycles. The Balaban J connectivity index is 2.69. The smallest absolute Gasteiger partial charge is 0.159 e. The van der Waals surface area contributed by atoms with Gasteiger partial charge in [0.2, 0.25) is 0 Å². The second-order valence-corrected chi connectivity index (χ2v) is 1.84. The molecule has 0 aromatic rings. The van der Waals surface area contributed by atoms with Gasteiger partial charge in [0.1, 0.15) is 5.54 Å². The zero-order valence-electron chi connectivity index (χ0n) is 3.98. The van der Waals surface area contributed by atoms with Crippen LogP contribution in [0.25, 0.3) is 0 Å². The third-order valence-electron chi connectivity index (χ3n) is 1.21. The molecule has 1 unspecified atom stereocenters. The largest absolute Gasteiger partial charge is 0.315 e. The van der Waals surface area contributed by atoms with Gasteiger partial charge in [0.05, 0.1) is 0 Å². The molecule has 1 saturated carbocycles. The molecular formula is C5H7NO. The number of ketones is 1. The second-order valence-electron chi connectivity index (χ2n) is 1.84. The van der Waals surface area contributed by atoms with E-state index in [9.17, 15) is 4.79 Å². The lowest BCUT2D eigenvalue weighted by Gasteiger charge is -1.89. The fourth-order valence-corrected chi connectivity index (χ4v) is 0.407. The minimum atomic E-state index is -0.625. The number of hydrogen-bond donors (Lipinski definition) is 1. The highest BCUT2D eigenvalue weighted by Crippen LogP contribution is 2.27. The molecule has 0 bridgehead atoms. The van der Waals surface area contributed by atoms with Gasteiger partial charge < -0.3 is 5.73 Å². The van der Waals surface area contributed by atoms with Crippen LogP contribution in [-0.4, -0.2) is 11.3 Å². The number of hydrogen-bond acceptors (Lipinski definition) is 2. The summed E-state index contributed by atoms with van der Waals surface area (Å²) in [5, 5.41) is 0. The number of carbonyl (C=O) groups is 1. The summed E-state index contributed by atoms with van der Waals surface area (Å²) in [6.07, 6.45) is 1.98. The first-order valence-electron chi connectivity index (χ1n) is 2.15. The molecular weight excluding hydrogens is 90.1 g/mol. The van der Waals surface area contributed by atoms with Gasteiger partial charge in [-0.3, -0.25) is 4.79 Å². The lowest BCUT2D eigenvalue weighted by atomic mass is 10.3. The summed E-state index contributed by atoms with van der Waals surface area (Å²) in [7, 11) is 0. The van der Waals surface area contributed by atoms with E-state index in [0.29, 0.717) is 6.42 Å². The Hall–Kier alpha value is -0.630. The van der Waals surface area contributed by atoms with Gasteiger partial charge >= 0.3 is 0 Å². The van der Waals surface area contributed by atoms with Crippen molar-refractivity contribution in [2.45, 2.75) is 12.0 Å². The minimum absolute atomic E-state index is 0.0995. The maximum absolute atomic E-state index is 10.2. The average Bonchev–Trinajstić information content (AvgIpc) is 2.18. The highest BCUT2D eigenvalue weighted by Gasteiger charge is 2.47. The van der Waals surface area contributed by atoms with Crippen LogP contribution in [0.5, 0.6) is 0 Å². The Morgan fingerprint density at radius 2 is 2.43 bits per heavy atom. The number of carbonyl (C=O) groups excluding carboxylic acids is 1. The monoisotopic (exact) mass is 97.1 g/mol. The Bertz CT molecular complexity index is 130. The minimum Gasteiger partial charge on any atom is -0.315 e.